The van der Waals surface area contributed by atoms with Crippen LogP contribution < -0.4 is 0 Å². The van der Waals surface area contributed by atoms with Crippen LogP contribution in [0.4, 0.5) is 4.39 Å². The largest absolute Gasteiger partial charge is 0.450 e. The van der Waals surface area contributed by atoms with E-state index in [1.807, 2.05) is 18.2 Å². The minimum Gasteiger partial charge on any atom is -0.450 e. The first kappa shape index (κ1) is 15.4. The first-order valence-electron chi connectivity index (χ1n) is 7.86. The molecule has 1 amide bonds. The molecule has 122 valence electrons. The van der Waals surface area contributed by atoms with Crippen LogP contribution in [-0.4, -0.2) is 16.8 Å². The lowest BCUT2D eigenvalue weighted by molar-refractivity contribution is 0.0698. The highest BCUT2D eigenvalue weighted by Crippen LogP contribution is 2.32. The number of amides is 1. The number of para-hydroxylation sites is 1. The summed E-state index contributed by atoms with van der Waals surface area (Å²) in [6.07, 6.45) is 1.90. The maximum Gasteiger partial charge on any atom is 0.290 e. The molecule has 4 rings (SSSR count). The topological polar surface area (TPSA) is 33.5 Å². The number of halogens is 2. The molecule has 1 saturated carbocycles. The average molecular weight is 388 g/mol. The van der Waals surface area contributed by atoms with Crippen molar-refractivity contribution in [2.45, 2.75) is 25.4 Å². The normalized spacial score (nSPS) is 14.1. The molecular formula is C19H15BrFNO2. The maximum absolute atomic E-state index is 14.0. The van der Waals surface area contributed by atoms with Gasteiger partial charge in [-0.05, 0) is 47.0 Å². The summed E-state index contributed by atoms with van der Waals surface area (Å²) in [6, 6.07) is 14.2. The molecular weight excluding hydrogens is 373 g/mol. The molecule has 0 saturated heterocycles. The van der Waals surface area contributed by atoms with Crippen LogP contribution in [0.5, 0.6) is 0 Å². The van der Waals surface area contributed by atoms with Gasteiger partial charge in [-0.25, -0.2) is 4.39 Å². The highest BCUT2D eigenvalue weighted by Gasteiger charge is 2.35. The number of hydrogen-bond donors (Lipinski definition) is 0. The second kappa shape index (κ2) is 6.06. The van der Waals surface area contributed by atoms with E-state index in [0.29, 0.717) is 16.9 Å². The summed E-state index contributed by atoms with van der Waals surface area (Å²) < 4.78 is 20.5. The zero-order chi connectivity index (χ0) is 16.7. The molecule has 24 heavy (non-hydrogen) atoms. The van der Waals surface area contributed by atoms with E-state index in [0.717, 1.165) is 22.7 Å². The molecule has 3 nitrogen and oxygen atoms in total. The quantitative estimate of drug-likeness (QED) is 0.620. The molecule has 1 aliphatic carbocycles. The zero-order valence-electron chi connectivity index (χ0n) is 12.8. The Bertz CT molecular complexity index is 917. The van der Waals surface area contributed by atoms with Gasteiger partial charge in [-0.15, -0.1) is 0 Å². The summed E-state index contributed by atoms with van der Waals surface area (Å²) in [6.45, 7) is 0.258. The van der Waals surface area contributed by atoms with Gasteiger partial charge in [-0.3, -0.25) is 4.79 Å². The molecule has 2 aromatic carbocycles. The minimum absolute atomic E-state index is 0.161. The second-order valence-electron chi connectivity index (χ2n) is 6.02. The number of carbonyl (C=O) groups excluding carboxylic acids is 1. The summed E-state index contributed by atoms with van der Waals surface area (Å²) in [4.78, 5) is 14.6. The third kappa shape index (κ3) is 2.84. The number of furan rings is 1. The molecule has 0 spiro atoms. The Labute approximate surface area is 147 Å². The molecule has 1 heterocycles. The predicted molar refractivity (Wildman–Crippen MR) is 93.2 cm³/mol. The van der Waals surface area contributed by atoms with E-state index in [1.165, 1.54) is 6.07 Å². The van der Waals surface area contributed by atoms with Gasteiger partial charge in [-0.1, -0.05) is 30.3 Å². The van der Waals surface area contributed by atoms with Crippen molar-refractivity contribution in [3.05, 3.63) is 70.1 Å². The van der Waals surface area contributed by atoms with Gasteiger partial charge in [0, 0.05) is 23.5 Å². The molecule has 0 radical (unpaired) electrons. The van der Waals surface area contributed by atoms with E-state index >= 15 is 0 Å². The van der Waals surface area contributed by atoms with Crippen LogP contribution in [0.1, 0.15) is 29.0 Å². The molecule has 0 bridgehead atoms. The van der Waals surface area contributed by atoms with E-state index < -0.39 is 0 Å². The SMILES string of the molecule is O=C(c1cc2cccc(Br)c2o1)N(Cc1ccccc1F)C1CC1. The number of carbonyl (C=O) groups is 1. The van der Waals surface area contributed by atoms with E-state index in [2.05, 4.69) is 15.9 Å². The van der Waals surface area contributed by atoms with Gasteiger partial charge in [-0.2, -0.15) is 0 Å². The third-order valence-corrected chi connectivity index (χ3v) is 4.88. The van der Waals surface area contributed by atoms with E-state index in [-0.39, 0.29) is 24.3 Å². The third-order valence-electron chi connectivity index (χ3n) is 4.25. The van der Waals surface area contributed by atoms with Crippen LogP contribution >= 0.6 is 15.9 Å². The summed E-state index contributed by atoms with van der Waals surface area (Å²) in [7, 11) is 0. The van der Waals surface area contributed by atoms with Crippen molar-refractivity contribution in [2.75, 3.05) is 0 Å². The molecule has 1 aromatic heterocycles. The molecule has 0 atom stereocenters. The minimum atomic E-state index is -0.289. The van der Waals surface area contributed by atoms with Crippen molar-refractivity contribution < 1.29 is 13.6 Å². The van der Waals surface area contributed by atoms with Crippen molar-refractivity contribution >= 4 is 32.8 Å². The number of rotatable bonds is 4. The average Bonchev–Trinajstić information content (AvgIpc) is 3.31. The Morgan fingerprint density at radius 3 is 2.71 bits per heavy atom. The van der Waals surface area contributed by atoms with E-state index in [4.69, 9.17) is 4.42 Å². The highest BCUT2D eigenvalue weighted by atomic mass is 79.9. The highest BCUT2D eigenvalue weighted by molar-refractivity contribution is 9.10. The number of benzene rings is 2. The smallest absolute Gasteiger partial charge is 0.290 e. The fraction of sp³-hybridized carbons (Fsp3) is 0.211. The molecule has 0 N–H and O–H groups in total. The van der Waals surface area contributed by atoms with Crippen LogP contribution in [0, 0.1) is 5.82 Å². The summed E-state index contributed by atoms with van der Waals surface area (Å²) in [5.41, 5.74) is 1.18. The van der Waals surface area contributed by atoms with Gasteiger partial charge in [0.05, 0.1) is 4.47 Å². The lowest BCUT2D eigenvalue weighted by atomic mass is 10.2. The molecule has 0 unspecified atom stereocenters. The lowest BCUT2D eigenvalue weighted by Crippen LogP contribution is -2.32. The van der Waals surface area contributed by atoms with Gasteiger partial charge in [0.1, 0.15) is 11.4 Å². The molecule has 0 aliphatic heterocycles. The molecule has 1 aliphatic rings. The molecule has 3 aromatic rings. The van der Waals surface area contributed by atoms with Crippen LogP contribution in [-0.2, 0) is 6.54 Å². The fourth-order valence-corrected chi connectivity index (χ4v) is 3.30. The Kier molecular flexibility index (Phi) is 3.88. The van der Waals surface area contributed by atoms with Crippen molar-refractivity contribution in [1.82, 2.24) is 4.90 Å². The Morgan fingerprint density at radius 2 is 2.00 bits per heavy atom. The van der Waals surface area contributed by atoms with Crippen molar-refractivity contribution in [3.63, 3.8) is 0 Å². The first-order chi connectivity index (χ1) is 11.6. The number of fused-ring (bicyclic) bond motifs is 1. The fourth-order valence-electron chi connectivity index (χ4n) is 2.84. The van der Waals surface area contributed by atoms with Crippen molar-refractivity contribution in [3.8, 4) is 0 Å². The van der Waals surface area contributed by atoms with Crippen molar-refractivity contribution in [1.29, 1.82) is 0 Å². The Hall–Kier alpha value is -2.14. The van der Waals surface area contributed by atoms with Crippen LogP contribution in [0.3, 0.4) is 0 Å². The second-order valence-corrected chi connectivity index (χ2v) is 6.88. The van der Waals surface area contributed by atoms with E-state index in [1.54, 1.807) is 29.2 Å². The molecule has 5 heteroatoms. The number of nitrogens with zero attached hydrogens (tertiary/aromatic N) is 1. The number of hydrogen-bond acceptors (Lipinski definition) is 2. The van der Waals surface area contributed by atoms with Gasteiger partial charge >= 0.3 is 0 Å². The molecule has 1 fully saturated rings. The Morgan fingerprint density at radius 1 is 1.21 bits per heavy atom. The zero-order valence-corrected chi connectivity index (χ0v) is 14.4. The summed E-state index contributed by atoms with van der Waals surface area (Å²) in [5.74, 6) is -0.188. The van der Waals surface area contributed by atoms with Gasteiger partial charge in [0.25, 0.3) is 5.91 Å². The lowest BCUT2D eigenvalue weighted by Gasteiger charge is -2.21. The summed E-state index contributed by atoms with van der Waals surface area (Å²) in [5, 5.41) is 0.870. The van der Waals surface area contributed by atoms with Gasteiger partial charge in [0.15, 0.2) is 5.76 Å². The van der Waals surface area contributed by atoms with Crippen molar-refractivity contribution in [2.24, 2.45) is 0 Å². The Balaban J connectivity index is 1.66. The van der Waals surface area contributed by atoms with E-state index in [9.17, 15) is 9.18 Å². The monoisotopic (exact) mass is 387 g/mol. The standard InChI is InChI=1S/C19H15BrFNO2/c20-15-6-3-5-12-10-17(24-18(12)15)19(23)22(14-8-9-14)11-13-4-1-2-7-16(13)21/h1-7,10,14H,8-9,11H2. The van der Waals surface area contributed by atoms with Crippen LogP contribution in [0.15, 0.2) is 57.4 Å². The van der Waals surface area contributed by atoms with Gasteiger partial charge in [0.2, 0.25) is 0 Å². The predicted octanol–water partition coefficient (Wildman–Crippen LogP) is 5.14. The van der Waals surface area contributed by atoms with Crippen LogP contribution in [0.2, 0.25) is 0 Å². The first-order valence-corrected chi connectivity index (χ1v) is 8.65. The van der Waals surface area contributed by atoms with Crippen LogP contribution in [0.25, 0.3) is 11.0 Å². The summed E-state index contributed by atoms with van der Waals surface area (Å²) >= 11 is 3.43. The van der Waals surface area contributed by atoms with Gasteiger partial charge < -0.3 is 9.32 Å². The maximum atomic E-state index is 14.0.